The number of hydrogen-bond donors (Lipinski definition) is 1. The van der Waals surface area contributed by atoms with E-state index < -0.39 is 0 Å². The Balaban J connectivity index is 2.90. The second-order valence-corrected chi connectivity index (χ2v) is 3.55. The molecule has 2 N–H and O–H groups in total. The Hall–Kier alpha value is -0.820. The molecule has 0 aliphatic heterocycles. The highest BCUT2D eigenvalue weighted by Crippen LogP contribution is 2.22. The summed E-state index contributed by atoms with van der Waals surface area (Å²) in [5, 5.41) is 0. The van der Waals surface area contributed by atoms with Gasteiger partial charge in [0.1, 0.15) is 0 Å². The fraction of sp³-hybridized carbons (Fsp3) is 0.500. The predicted octanol–water partition coefficient (Wildman–Crippen LogP) is 2.70. The molecule has 0 heterocycles. The third-order valence-electron chi connectivity index (χ3n) is 2.61. The third kappa shape index (κ3) is 2.56. The summed E-state index contributed by atoms with van der Waals surface area (Å²) in [6, 6.07) is 8.62. The van der Waals surface area contributed by atoms with Crippen molar-refractivity contribution in [3.8, 4) is 0 Å². The minimum Gasteiger partial charge on any atom is -0.330 e. The molecular weight excluding hydrogens is 158 g/mol. The smallest absolute Gasteiger partial charge is 0.00366 e. The molecule has 13 heavy (non-hydrogen) atoms. The van der Waals surface area contributed by atoms with Gasteiger partial charge in [-0.25, -0.2) is 0 Å². The maximum absolute atomic E-state index is 5.57. The second-order valence-electron chi connectivity index (χ2n) is 3.55. The van der Waals surface area contributed by atoms with E-state index in [2.05, 4.69) is 38.1 Å². The number of nitrogens with two attached hydrogens (primary N) is 1. The highest BCUT2D eigenvalue weighted by molar-refractivity contribution is 5.30. The van der Waals surface area contributed by atoms with E-state index >= 15 is 0 Å². The van der Waals surface area contributed by atoms with Gasteiger partial charge >= 0.3 is 0 Å². The molecule has 1 atom stereocenters. The fourth-order valence-corrected chi connectivity index (χ4v) is 1.62. The number of rotatable bonds is 4. The van der Waals surface area contributed by atoms with Gasteiger partial charge in [0.2, 0.25) is 0 Å². The zero-order valence-electron chi connectivity index (χ0n) is 8.59. The van der Waals surface area contributed by atoms with E-state index in [1.54, 1.807) is 0 Å². The van der Waals surface area contributed by atoms with Crippen LogP contribution in [-0.4, -0.2) is 6.54 Å². The van der Waals surface area contributed by atoms with E-state index in [0.717, 1.165) is 13.0 Å². The normalized spacial score (nSPS) is 12.8. The van der Waals surface area contributed by atoms with E-state index in [1.165, 1.54) is 17.5 Å². The molecule has 1 aromatic rings. The zero-order valence-corrected chi connectivity index (χ0v) is 8.59. The summed E-state index contributed by atoms with van der Waals surface area (Å²) < 4.78 is 0. The van der Waals surface area contributed by atoms with Crippen LogP contribution in [0.3, 0.4) is 0 Å². The van der Waals surface area contributed by atoms with Crippen molar-refractivity contribution in [2.75, 3.05) is 6.54 Å². The Kier molecular flexibility index (Phi) is 3.97. The molecule has 0 saturated carbocycles. The standard InChI is InChI=1S/C12H19N/c1-3-10(2)12-7-5-4-6-11(12)8-9-13/h4-7,10H,3,8-9,13H2,1-2H3. The first-order chi connectivity index (χ1) is 6.29. The van der Waals surface area contributed by atoms with Crippen LogP contribution in [0.15, 0.2) is 24.3 Å². The molecule has 0 amide bonds. The van der Waals surface area contributed by atoms with Crippen molar-refractivity contribution in [1.82, 2.24) is 0 Å². The maximum atomic E-state index is 5.57. The molecule has 0 aromatic heterocycles. The Morgan fingerprint density at radius 2 is 2.00 bits per heavy atom. The summed E-state index contributed by atoms with van der Waals surface area (Å²) in [4.78, 5) is 0. The van der Waals surface area contributed by atoms with E-state index in [9.17, 15) is 0 Å². The number of hydrogen-bond acceptors (Lipinski definition) is 1. The Morgan fingerprint density at radius 3 is 2.62 bits per heavy atom. The van der Waals surface area contributed by atoms with Crippen molar-refractivity contribution in [3.63, 3.8) is 0 Å². The third-order valence-corrected chi connectivity index (χ3v) is 2.61. The average Bonchev–Trinajstić information content (AvgIpc) is 2.18. The van der Waals surface area contributed by atoms with E-state index in [0.29, 0.717) is 5.92 Å². The molecule has 0 bridgehead atoms. The van der Waals surface area contributed by atoms with Gasteiger partial charge in [-0.3, -0.25) is 0 Å². The van der Waals surface area contributed by atoms with Crippen LogP contribution in [0.5, 0.6) is 0 Å². The summed E-state index contributed by atoms with van der Waals surface area (Å²) in [5.74, 6) is 0.655. The minimum absolute atomic E-state index is 0.655. The Bertz CT molecular complexity index is 255. The maximum Gasteiger partial charge on any atom is -0.00366 e. The van der Waals surface area contributed by atoms with Crippen molar-refractivity contribution in [3.05, 3.63) is 35.4 Å². The van der Waals surface area contributed by atoms with E-state index in [4.69, 9.17) is 5.73 Å². The van der Waals surface area contributed by atoms with Crippen LogP contribution in [0.1, 0.15) is 37.3 Å². The predicted molar refractivity (Wildman–Crippen MR) is 57.9 cm³/mol. The molecule has 0 fully saturated rings. The van der Waals surface area contributed by atoms with Gasteiger partial charge in [-0.15, -0.1) is 0 Å². The average molecular weight is 177 g/mol. The first-order valence-corrected chi connectivity index (χ1v) is 5.07. The van der Waals surface area contributed by atoms with Gasteiger partial charge in [0.25, 0.3) is 0 Å². The first-order valence-electron chi connectivity index (χ1n) is 5.07. The number of benzene rings is 1. The van der Waals surface area contributed by atoms with Gasteiger partial charge < -0.3 is 5.73 Å². The summed E-state index contributed by atoms with van der Waals surface area (Å²) >= 11 is 0. The molecule has 1 nitrogen and oxygen atoms in total. The lowest BCUT2D eigenvalue weighted by Gasteiger charge is -2.13. The molecule has 0 spiro atoms. The van der Waals surface area contributed by atoms with Crippen LogP contribution in [0.25, 0.3) is 0 Å². The van der Waals surface area contributed by atoms with Gasteiger partial charge in [0.05, 0.1) is 0 Å². The van der Waals surface area contributed by atoms with E-state index in [1.807, 2.05) is 0 Å². The first kappa shape index (κ1) is 10.3. The zero-order chi connectivity index (χ0) is 9.68. The quantitative estimate of drug-likeness (QED) is 0.752. The van der Waals surface area contributed by atoms with Gasteiger partial charge in [-0.1, -0.05) is 38.1 Å². The molecule has 1 heteroatoms. The van der Waals surface area contributed by atoms with Crippen molar-refractivity contribution in [2.45, 2.75) is 32.6 Å². The SMILES string of the molecule is CCC(C)c1ccccc1CCN. The van der Waals surface area contributed by atoms with Gasteiger partial charge in [-0.05, 0) is 36.4 Å². The lowest BCUT2D eigenvalue weighted by Crippen LogP contribution is -2.06. The fourth-order valence-electron chi connectivity index (χ4n) is 1.62. The lowest BCUT2D eigenvalue weighted by molar-refractivity contribution is 0.720. The molecule has 0 aliphatic rings. The van der Waals surface area contributed by atoms with Crippen molar-refractivity contribution in [2.24, 2.45) is 5.73 Å². The van der Waals surface area contributed by atoms with Gasteiger partial charge in [0.15, 0.2) is 0 Å². The van der Waals surface area contributed by atoms with Crippen molar-refractivity contribution < 1.29 is 0 Å². The Morgan fingerprint density at radius 1 is 1.31 bits per heavy atom. The Labute approximate surface area is 81.0 Å². The summed E-state index contributed by atoms with van der Waals surface area (Å²) in [6.07, 6.45) is 2.20. The molecule has 0 aliphatic carbocycles. The molecule has 0 saturated heterocycles. The summed E-state index contributed by atoms with van der Waals surface area (Å²) in [7, 11) is 0. The van der Waals surface area contributed by atoms with Crippen LogP contribution >= 0.6 is 0 Å². The topological polar surface area (TPSA) is 26.0 Å². The monoisotopic (exact) mass is 177 g/mol. The largest absolute Gasteiger partial charge is 0.330 e. The molecule has 1 aromatic carbocycles. The van der Waals surface area contributed by atoms with Crippen molar-refractivity contribution >= 4 is 0 Å². The van der Waals surface area contributed by atoms with Crippen LogP contribution < -0.4 is 5.73 Å². The molecule has 1 unspecified atom stereocenters. The van der Waals surface area contributed by atoms with Crippen molar-refractivity contribution in [1.29, 1.82) is 0 Å². The molecular formula is C12H19N. The van der Waals surface area contributed by atoms with Gasteiger partial charge in [0, 0.05) is 0 Å². The summed E-state index contributed by atoms with van der Waals surface area (Å²) in [6.45, 7) is 5.24. The van der Waals surface area contributed by atoms with Crippen LogP contribution in [-0.2, 0) is 6.42 Å². The molecule has 0 radical (unpaired) electrons. The molecule has 72 valence electrons. The van der Waals surface area contributed by atoms with Crippen LogP contribution in [0, 0.1) is 0 Å². The second kappa shape index (κ2) is 5.03. The highest BCUT2D eigenvalue weighted by atomic mass is 14.5. The summed E-state index contributed by atoms with van der Waals surface area (Å²) in [5.41, 5.74) is 8.46. The van der Waals surface area contributed by atoms with E-state index in [-0.39, 0.29) is 0 Å². The van der Waals surface area contributed by atoms with Crippen LogP contribution in [0.2, 0.25) is 0 Å². The highest BCUT2D eigenvalue weighted by Gasteiger charge is 2.06. The van der Waals surface area contributed by atoms with Crippen LogP contribution in [0.4, 0.5) is 0 Å². The molecule has 1 rings (SSSR count). The minimum atomic E-state index is 0.655. The van der Waals surface area contributed by atoms with Gasteiger partial charge in [-0.2, -0.15) is 0 Å². The lowest BCUT2D eigenvalue weighted by atomic mass is 9.92.